The number of amides is 2. The van der Waals surface area contributed by atoms with Crippen molar-refractivity contribution in [1.82, 2.24) is 5.32 Å². The molecule has 22 heavy (non-hydrogen) atoms. The van der Waals surface area contributed by atoms with Crippen LogP contribution < -0.4 is 10.6 Å². The van der Waals surface area contributed by atoms with Crippen molar-refractivity contribution in [3.63, 3.8) is 0 Å². The SMILES string of the molecule is Cc1ccc(NC(=O)NCc2cc(C)c(O)c(C)c2)cc1Cl. The average Bonchev–Trinajstić information content (AvgIpc) is 2.46. The normalized spacial score (nSPS) is 10.4. The van der Waals surface area contributed by atoms with E-state index in [2.05, 4.69) is 10.6 Å². The summed E-state index contributed by atoms with van der Waals surface area (Å²) < 4.78 is 0. The van der Waals surface area contributed by atoms with E-state index >= 15 is 0 Å². The van der Waals surface area contributed by atoms with Crippen LogP contribution >= 0.6 is 11.6 Å². The molecule has 0 unspecified atom stereocenters. The number of halogens is 1. The van der Waals surface area contributed by atoms with Crippen molar-refractivity contribution < 1.29 is 9.90 Å². The first-order valence-corrected chi connectivity index (χ1v) is 7.34. The van der Waals surface area contributed by atoms with Crippen LogP contribution in [-0.2, 0) is 6.54 Å². The number of hydrogen-bond donors (Lipinski definition) is 3. The molecular formula is C17H19ClN2O2. The number of nitrogens with one attached hydrogen (secondary N) is 2. The van der Waals surface area contributed by atoms with E-state index in [0.29, 0.717) is 23.0 Å². The lowest BCUT2D eigenvalue weighted by atomic mass is 10.1. The van der Waals surface area contributed by atoms with Crippen LogP contribution in [0, 0.1) is 20.8 Å². The molecule has 3 N–H and O–H groups in total. The number of anilines is 1. The molecule has 0 spiro atoms. The lowest BCUT2D eigenvalue weighted by Crippen LogP contribution is -2.28. The molecule has 0 heterocycles. The van der Waals surface area contributed by atoms with E-state index in [1.807, 2.05) is 39.0 Å². The molecule has 2 amide bonds. The standard InChI is InChI=1S/C17H19ClN2O2/c1-10-4-5-14(8-15(10)18)20-17(22)19-9-13-6-11(2)16(21)12(3)7-13/h4-8,21H,9H2,1-3H3,(H2,19,20,22). The van der Waals surface area contributed by atoms with Crippen LogP contribution in [0.5, 0.6) is 5.75 Å². The Balaban J connectivity index is 1.96. The number of carbonyl (C=O) groups excluding carboxylic acids is 1. The summed E-state index contributed by atoms with van der Waals surface area (Å²) in [5, 5.41) is 15.9. The van der Waals surface area contributed by atoms with Crippen LogP contribution in [0.2, 0.25) is 5.02 Å². The minimum absolute atomic E-state index is 0.294. The summed E-state index contributed by atoms with van der Waals surface area (Å²) >= 11 is 6.02. The highest BCUT2D eigenvalue weighted by Crippen LogP contribution is 2.23. The number of phenols is 1. The third-order valence-corrected chi connectivity index (χ3v) is 3.84. The second kappa shape index (κ2) is 6.71. The molecule has 0 saturated carbocycles. The molecule has 2 rings (SSSR count). The second-order valence-corrected chi connectivity index (χ2v) is 5.76. The van der Waals surface area contributed by atoms with Gasteiger partial charge in [-0.25, -0.2) is 4.79 Å². The van der Waals surface area contributed by atoms with Gasteiger partial charge in [0.2, 0.25) is 0 Å². The first-order chi connectivity index (χ1) is 10.4. The highest BCUT2D eigenvalue weighted by atomic mass is 35.5. The zero-order chi connectivity index (χ0) is 16.3. The van der Waals surface area contributed by atoms with Crippen molar-refractivity contribution in [3.05, 3.63) is 57.6 Å². The molecule has 2 aromatic rings. The second-order valence-electron chi connectivity index (χ2n) is 5.35. The Bertz CT molecular complexity index is 691. The number of aryl methyl sites for hydroxylation is 3. The molecule has 5 heteroatoms. The molecule has 0 atom stereocenters. The summed E-state index contributed by atoms with van der Waals surface area (Å²) in [4.78, 5) is 11.9. The first kappa shape index (κ1) is 16.2. The van der Waals surface area contributed by atoms with E-state index in [1.165, 1.54) is 0 Å². The van der Waals surface area contributed by atoms with Crippen molar-refractivity contribution in [3.8, 4) is 5.75 Å². The Morgan fingerprint density at radius 1 is 1.09 bits per heavy atom. The fourth-order valence-corrected chi connectivity index (χ4v) is 2.36. The van der Waals surface area contributed by atoms with Gasteiger partial charge in [0, 0.05) is 17.3 Å². The third-order valence-electron chi connectivity index (χ3n) is 3.43. The average molecular weight is 319 g/mol. The molecule has 0 aliphatic rings. The van der Waals surface area contributed by atoms with E-state index in [0.717, 1.165) is 22.3 Å². The quantitative estimate of drug-likeness (QED) is 0.790. The highest BCUT2D eigenvalue weighted by molar-refractivity contribution is 6.31. The zero-order valence-corrected chi connectivity index (χ0v) is 13.6. The van der Waals surface area contributed by atoms with Crippen molar-refractivity contribution in [2.24, 2.45) is 0 Å². The van der Waals surface area contributed by atoms with Crippen LogP contribution in [0.15, 0.2) is 30.3 Å². The van der Waals surface area contributed by atoms with Gasteiger partial charge < -0.3 is 15.7 Å². The van der Waals surface area contributed by atoms with E-state index in [9.17, 15) is 9.90 Å². The van der Waals surface area contributed by atoms with Gasteiger partial charge in [-0.15, -0.1) is 0 Å². The summed E-state index contributed by atoms with van der Waals surface area (Å²) in [7, 11) is 0. The predicted molar refractivity (Wildman–Crippen MR) is 89.6 cm³/mol. The largest absolute Gasteiger partial charge is 0.507 e. The Kier molecular flexibility index (Phi) is 4.93. The summed E-state index contributed by atoms with van der Waals surface area (Å²) in [6.45, 7) is 5.95. The van der Waals surface area contributed by atoms with Gasteiger partial charge >= 0.3 is 6.03 Å². The lowest BCUT2D eigenvalue weighted by molar-refractivity contribution is 0.251. The van der Waals surface area contributed by atoms with Gasteiger partial charge in [0.25, 0.3) is 0 Å². The minimum atomic E-state index is -0.302. The van der Waals surface area contributed by atoms with Crippen molar-refractivity contribution >= 4 is 23.3 Å². The molecule has 0 aliphatic heterocycles. The van der Waals surface area contributed by atoms with Gasteiger partial charge in [0.1, 0.15) is 5.75 Å². The van der Waals surface area contributed by atoms with E-state index in [-0.39, 0.29) is 6.03 Å². The number of hydrogen-bond acceptors (Lipinski definition) is 2. The fourth-order valence-electron chi connectivity index (χ4n) is 2.18. The maximum Gasteiger partial charge on any atom is 0.319 e. The van der Waals surface area contributed by atoms with Gasteiger partial charge in [-0.2, -0.15) is 0 Å². The lowest BCUT2D eigenvalue weighted by Gasteiger charge is -2.11. The van der Waals surface area contributed by atoms with E-state index in [1.54, 1.807) is 12.1 Å². The Hall–Kier alpha value is -2.20. The maximum absolute atomic E-state index is 11.9. The van der Waals surface area contributed by atoms with Crippen LogP contribution in [-0.4, -0.2) is 11.1 Å². The first-order valence-electron chi connectivity index (χ1n) is 6.97. The zero-order valence-electron chi connectivity index (χ0n) is 12.8. The number of phenolic OH excluding ortho intramolecular Hbond substituents is 1. The van der Waals surface area contributed by atoms with Crippen molar-refractivity contribution in [2.75, 3.05) is 5.32 Å². The number of rotatable bonds is 3. The number of urea groups is 1. The van der Waals surface area contributed by atoms with Crippen LogP contribution in [0.4, 0.5) is 10.5 Å². The molecule has 116 valence electrons. The molecule has 4 nitrogen and oxygen atoms in total. The monoisotopic (exact) mass is 318 g/mol. The third kappa shape index (κ3) is 3.92. The van der Waals surface area contributed by atoms with Gasteiger partial charge in [-0.3, -0.25) is 0 Å². The smallest absolute Gasteiger partial charge is 0.319 e. The summed E-state index contributed by atoms with van der Waals surface area (Å²) in [6, 6.07) is 8.77. The Morgan fingerprint density at radius 3 is 2.32 bits per heavy atom. The number of benzene rings is 2. The molecule has 0 bridgehead atoms. The van der Waals surface area contributed by atoms with E-state index in [4.69, 9.17) is 11.6 Å². The summed E-state index contributed by atoms with van der Waals surface area (Å²) in [5.41, 5.74) is 4.13. The summed E-state index contributed by atoms with van der Waals surface area (Å²) in [6.07, 6.45) is 0. The molecule has 0 aliphatic carbocycles. The highest BCUT2D eigenvalue weighted by Gasteiger charge is 2.06. The van der Waals surface area contributed by atoms with Crippen molar-refractivity contribution in [2.45, 2.75) is 27.3 Å². The summed E-state index contributed by atoms with van der Waals surface area (Å²) in [5.74, 6) is 0.294. The number of carbonyl (C=O) groups is 1. The van der Waals surface area contributed by atoms with E-state index < -0.39 is 0 Å². The Morgan fingerprint density at radius 2 is 1.73 bits per heavy atom. The van der Waals surface area contributed by atoms with Gasteiger partial charge in [0.15, 0.2) is 0 Å². The molecule has 0 aromatic heterocycles. The molecule has 0 saturated heterocycles. The molecule has 2 aromatic carbocycles. The molecule has 0 fully saturated rings. The molecule has 0 radical (unpaired) electrons. The maximum atomic E-state index is 11.9. The van der Waals surface area contributed by atoms with Gasteiger partial charge in [-0.1, -0.05) is 29.8 Å². The van der Waals surface area contributed by atoms with Crippen LogP contribution in [0.25, 0.3) is 0 Å². The fraction of sp³-hybridized carbons (Fsp3) is 0.235. The Labute approximate surface area is 135 Å². The van der Waals surface area contributed by atoms with Crippen LogP contribution in [0.3, 0.4) is 0 Å². The predicted octanol–water partition coefficient (Wildman–Crippen LogP) is 4.29. The van der Waals surface area contributed by atoms with Crippen molar-refractivity contribution in [1.29, 1.82) is 0 Å². The van der Waals surface area contributed by atoms with Crippen LogP contribution in [0.1, 0.15) is 22.3 Å². The van der Waals surface area contributed by atoms with Gasteiger partial charge in [0.05, 0.1) is 0 Å². The minimum Gasteiger partial charge on any atom is -0.507 e. The number of aromatic hydroxyl groups is 1. The van der Waals surface area contributed by atoms with Gasteiger partial charge in [-0.05, 0) is 55.2 Å². The topological polar surface area (TPSA) is 61.4 Å². The molecular weight excluding hydrogens is 300 g/mol.